The highest BCUT2D eigenvalue weighted by Gasteiger charge is 2.41. The summed E-state index contributed by atoms with van der Waals surface area (Å²) < 4.78 is 0. The summed E-state index contributed by atoms with van der Waals surface area (Å²) in [6.07, 6.45) is 2.74. The first kappa shape index (κ1) is 17.0. The first-order valence-electron chi connectivity index (χ1n) is 8.25. The predicted octanol–water partition coefficient (Wildman–Crippen LogP) is 3.77. The highest BCUT2D eigenvalue weighted by atomic mass is 15.2. The molecule has 0 aromatic carbocycles. The molecule has 2 nitrogen and oxygen atoms in total. The summed E-state index contributed by atoms with van der Waals surface area (Å²) in [6, 6.07) is 1.35. The molecular weight excluding hydrogens is 232 g/mol. The van der Waals surface area contributed by atoms with Crippen LogP contribution < -0.4 is 5.32 Å². The van der Waals surface area contributed by atoms with Crippen molar-refractivity contribution in [1.29, 1.82) is 0 Å². The van der Waals surface area contributed by atoms with Crippen molar-refractivity contribution < 1.29 is 0 Å². The van der Waals surface area contributed by atoms with Crippen LogP contribution in [-0.2, 0) is 0 Å². The van der Waals surface area contributed by atoms with E-state index in [0.717, 1.165) is 18.4 Å². The first-order chi connectivity index (χ1) is 8.77. The molecule has 0 heterocycles. The molecule has 0 aromatic heterocycles. The van der Waals surface area contributed by atoms with Gasteiger partial charge in [0.25, 0.3) is 0 Å². The molecule has 1 aliphatic rings. The Morgan fingerprint density at radius 2 is 1.84 bits per heavy atom. The fourth-order valence-electron chi connectivity index (χ4n) is 3.64. The van der Waals surface area contributed by atoms with Gasteiger partial charge in [0.2, 0.25) is 0 Å². The van der Waals surface area contributed by atoms with Crippen LogP contribution in [0.25, 0.3) is 0 Å². The molecule has 1 rings (SSSR count). The number of hydrogen-bond acceptors (Lipinski definition) is 2. The molecule has 0 aromatic rings. The van der Waals surface area contributed by atoms with Crippen LogP contribution in [0.5, 0.6) is 0 Å². The summed E-state index contributed by atoms with van der Waals surface area (Å²) in [5.74, 6) is 1.57. The number of rotatable bonds is 7. The average molecular weight is 268 g/mol. The molecule has 1 saturated carbocycles. The quantitative estimate of drug-likeness (QED) is 0.756. The molecule has 2 atom stereocenters. The van der Waals surface area contributed by atoms with Gasteiger partial charge in [-0.05, 0) is 50.5 Å². The minimum Gasteiger partial charge on any atom is -0.313 e. The average Bonchev–Trinajstić information content (AvgIpc) is 2.55. The minimum absolute atomic E-state index is 0.459. The van der Waals surface area contributed by atoms with Gasteiger partial charge in [-0.3, -0.25) is 0 Å². The largest absolute Gasteiger partial charge is 0.313 e. The summed E-state index contributed by atoms with van der Waals surface area (Å²) in [6.45, 7) is 20.0. The van der Waals surface area contributed by atoms with E-state index in [2.05, 4.69) is 58.7 Å². The normalized spacial score (nSPS) is 26.8. The molecule has 114 valence electrons. The van der Waals surface area contributed by atoms with Gasteiger partial charge >= 0.3 is 0 Å². The molecule has 0 spiro atoms. The molecule has 1 fully saturated rings. The third-order valence-corrected chi connectivity index (χ3v) is 4.70. The van der Waals surface area contributed by atoms with Crippen LogP contribution in [-0.4, -0.2) is 36.6 Å². The van der Waals surface area contributed by atoms with Crippen LogP contribution in [0.15, 0.2) is 0 Å². The zero-order valence-electron chi connectivity index (χ0n) is 14.3. The van der Waals surface area contributed by atoms with Crippen LogP contribution in [0.3, 0.4) is 0 Å². The summed E-state index contributed by atoms with van der Waals surface area (Å²) in [5.41, 5.74) is 0.459. The van der Waals surface area contributed by atoms with Crippen LogP contribution >= 0.6 is 0 Å². The van der Waals surface area contributed by atoms with Crippen LogP contribution in [0.1, 0.15) is 61.3 Å². The van der Waals surface area contributed by atoms with E-state index in [1.807, 2.05) is 0 Å². The highest BCUT2D eigenvalue weighted by Crippen LogP contribution is 2.41. The fraction of sp³-hybridized carbons (Fsp3) is 1.00. The Kier molecular flexibility index (Phi) is 6.32. The predicted molar refractivity (Wildman–Crippen MR) is 85.5 cm³/mol. The van der Waals surface area contributed by atoms with E-state index < -0.39 is 0 Å². The summed E-state index contributed by atoms with van der Waals surface area (Å²) >= 11 is 0. The van der Waals surface area contributed by atoms with Gasteiger partial charge in [0.1, 0.15) is 0 Å². The molecular formula is C17H36N2. The Bertz CT molecular complexity index is 258. The Balaban J connectivity index is 2.67. The van der Waals surface area contributed by atoms with Crippen molar-refractivity contribution in [3.63, 3.8) is 0 Å². The fourth-order valence-corrected chi connectivity index (χ4v) is 3.64. The van der Waals surface area contributed by atoms with E-state index in [1.54, 1.807) is 0 Å². The van der Waals surface area contributed by atoms with E-state index in [0.29, 0.717) is 17.5 Å². The molecule has 1 N–H and O–H groups in total. The van der Waals surface area contributed by atoms with Crippen LogP contribution in [0, 0.1) is 17.3 Å². The van der Waals surface area contributed by atoms with Crippen molar-refractivity contribution in [1.82, 2.24) is 10.2 Å². The lowest BCUT2D eigenvalue weighted by Gasteiger charge is -2.36. The Morgan fingerprint density at radius 1 is 1.21 bits per heavy atom. The molecule has 0 saturated heterocycles. The Morgan fingerprint density at radius 3 is 2.32 bits per heavy atom. The minimum atomic E-state index is 0.459. The third kappa shape index (κ3) is 4.75. The van der Waals surface area contributed by atoms with E-state index in [1.165, 1.54) is 25.9 Å². The SMILES string of the molecule is CCNC1C(CN(CC(C)C)C(C)C)CCC1(C)C. The monoisotopic (exact) mass is 268 g/mol. The molecule has 2 unspecified atom stereocenters. The van der Waals surface area contributed by atoms with Crippen molar-refractivity contribution in [2.45, 2.75) is 73.4 Å². The summed E-state index contributed by atoms with van der Waals surface area (Å²) in [4.78, 5) is 2.68. The maximum Gasteiger partial charge on any atom is 0.0159 e. The zero-order chi connectivity index (χ0) is 14.6. The van der Waals surface area contributed by atoms with Crippen molar-refractivity contribution >= 4 is 0 Å². The topological polar surface area (TPSA) is 15.3 Å². The molecule has 1 aliphatic carbocycles. The van der Waals surface area contributed by atoms with E-state index in [4.69, 9.17) is 0 Å². The maximum atomic E-state index is 3.76. The molecule has 2 heteroatoms. The first-order valence-corrected chi connectivity index (χ1v) is 8.25. The van der Waals surface area contributed by atoms with Crippen molar-refractivity contribution in [2.24, 2.45) is 17.3 Å². The van der Waals surface area contributed by atoms with Crippen molar-refractivity contribution in [2.75, 3.05) is 19.6 Å². The molecule has 19 heavy (non-hydrogen) atoms. The van der Waals surface area contributed by atoms with Gasteiger partial charge in [-0.1, -0.05) is 34.6 Å². The van der Waals surface area contributed by atoms with E-state index >= 15 is 0 Å². The number of hydrogen-bond donors (Lipinski definition) is 1. The van der Waals surface area contributed by atoms with Gasteiger partial charge < -0.3 is 10.2 Å². The van der Waals surface area contributed by atoms with Crippen molar-refractivity contribution in [3.05, 3.63) is 0 Å². The Hall–Kier alpha value is -0.0800. The summed E-state index contributed by atoms with van der Waals surface area (Å²) in [5, 5.41) is 3.76. The van der Waals surface area contributed by atoms with Gasteiger partial charge in [0.15, 0.2) is 0 Å². The maximum absolute atomic E-state index is 3.76. The van der Waals surface area contributed by atoms with Crippen LogP contribution in [0.2, 0.25) is 0 Å². The second-order valence-electron chi connectivity index (χ2n) is 7.76. The summed E-state index contributed by atoms with van der Waals surface area (Å²) in [7, 11) is 0. The van der Waals surface area contributed by atoms with Gasteiger partial charge in [-0.25, -0.2) is 0 Å². The van der Waals surface area contributed by atoms with Gasteiger partial charge in [-0.2, -0.15) is 0 Å². The Labute approximate surface area is 121 Å². The number of nitrogens with one attached hydrogen (secondary N) is 1. The number of nitrogens with zero attached hydrogens (tertiary/aromatic N) is 1. The van der Waals surface area contributed by atoms with E-state index in [-0.39, 0.29) is 0 Å². The third-order valence-electron chi connectivity index (χ3n) is 4.70. The molecule has 0 amide bonds. The highest BCUT2D eigenvalue weighted by molar-refractivity contribution is 4.97. The lowest BCUT2D eigenvalue weighted by Crippen LogP contribution is -2.47. The molecule has 0 radical (unpaired) electrons. The standard InChI is InChI=1S/C17H36N2/c1-8-18-16-15(9-10-17(16,6)7)12-19(14(4)5)11-13(2)3/h13-16,18H,8-12H2,1-7H3. The lowest BCUT2D eigenvalue weighted by molar-refractivity contribution is 0.143. The second kappa shape index (κ2) is 7.08. The van der Waals surface area contributed by atoms with Crippen molar-refractivity contribution in [3.8, 4) is 0 Å². The van der Waals surface area contributed by atoms with Gasteiger partial charge in [0.05, 0.1) is 0 Å². The molecule has 0 bridgehead atoms. The smallest absolute Gasteiger partial charge is 0.0159 e. The van der Waals surface area contributed by atoms with Crippen LogP contribution in [0.4, 0.5) is 0 Å². The van der Waals surface area contributed by atoms with Gasteiger partial charge in [-0.15, -0.1) is 0 Å². The van der Waals surface area contributed by atoms with Gasteiger partial charge in [0, 0.05) is 25.2 Å². The lowest BCUT2D eigenvalue weighted by atomic mass is 9.84. The molecule has 0 aliphatic heterocycles. The van der Waals surface area contributed by atoms with E-state index in [9.17, 15) is 0 Å². The second-order valence-corrected chi connectivity index (χ2v) is 7.76. The zero-order valence-corrected chi connectivity index (χ0v) is 14.3.